The second-order valence-corrected chi connectivity index (χ2v) is 5.39. The van der Waals surface area contributed by atoms with Crippen molar-refractivity contribution in [3.63, 3.8) is 0 Å². The van der Waals surface area contributed by atoms with Crippen LogP contribution in [0.1, 0.15) is 10.4 Å². The van der Waals surface area contributed by atoms with Crippen LogP contribution in [0.15, 0.2) is 45.3 Å². The van der Waals surface area contributed by atoms with Crippen molar-refractivity contribution in [1.82, 2.24) is 0 Å². The van der Waals surface area contributed by atoms with Gasteiger partial charge in [-0.25, -0.2) is 8.78 Å². The molecule has 0 aliphatic rings. The largest absolute Gasteiger partial charge is 0.318 e. The van der Waals surface area contributed by atoms with Gasteiger partial charge in [0, 0.05) is 15.0 Å². The van der Waals surface area contributed by atoms with E-state index in [0.29, 0.717) is 16.1 Å². The van der Waals surface area contributed by atoms with Crippen molar-refractivity contribution in [3.8, 4) is 0 Å². The van der Waals surface area contributed by atoms with Crippen molar-refractivity contribution < 1.29 is 13.6 Å². The van der Waals surface area contributed by atoms with E-state index in [9.17, 15) is 13.6 Å². The molecule has 2 aromatic rings. The maximum atomic E-state index is 13.6. The van der Waals surface area contributed by atoms with Gasteiger partial charge < -0.3 is 5.32 Å². The summed E-state index contributed by atoms with van der Waals surface area (Å²) in [6.45, 7) is 0. The lowest BCUT2D eigenvalue weighted by molar-refractivity contribution is 0.102. The highest BCUT2D eigenvalue weighted by molar-refractivity contribution is 9.11. The van der Waals surface area contributed by atoms with E-state index in [1.54, 1.807) is 24.3 Å². The Morgan fingerprint density at radius 3 is 2.37 bits per heavy atom. The topological polar surface area (TPSA) is 29.1 Å². The number of nitrogens with one attached hydrogen (secondary N) is 1. The molecule has 0 aliphatic heterocycles. The average Bonchev–Trinajstić information content (AvgIpc) is 2.34. The van der Waals surface area contributed by atoms with E-state index in [1.807, 2.05) is 0 Å². The van der Waals surface area contributed by atoms with E-state index in [4.69, 9.17) is 0 Å². The van der Waals surface area contributed by atoms with Crippen LogP contribution < -0.4 is 5.32 Å². The molecule has 0 radical (unpaired) electrons. The first-order chi connectivity index (χ1) is 8.99. The summed E-state index contributed by atoms with van der Waals surface area (Å²) in [5.41, 5.74) is 0.264. The predicted octanol–water partition coefficient (Wildman–Crippen LogP) is 4.74. The standard InChI is InChI=1S/C13H7Br2F2NO/c14-9-4-2-1-3-8(9)13(19)18-12-10(15)5-7(16)6-11(12)17/h1-6H,(H,18,19). The highest BCUT2D eigenvalue weighted by Gasteiger charge is 2.15. The Bertz CT molecular complexity index is 623. The van der Waals surface area contributed by atoms with Gasteiger partial charge >= 0.3 is 0 Å². The summed E-state index contributed by atoms with van der Waals surface area (Å²) in [5.74, 6) is -2.05. The normalized spacial score (nSPS) is 10.3. The minimum atomic E-state index is -0.840. The molecule has 2 rings (SSSR count). The summed E-state index contributed by atoms with van der Waals surface area (Å²) in [7, 11) is 0. The number of carbonyl (C=O) groups excluding carboxylic acids is 1. The number of halogens is 4. The number of hydrogen-bond acceptors (Lipinski definition) is 1. The Morgan fingerprint density at radius 1 is 1.05 bits per heavy atom. The molecule has 0 atom stereocenters. The molecule has 0 unspecified atom stereocenters. The number of benzene rings is 2. The molecule has 0 saturated heterocycles. The lowest BCUT2D eigenvalue weighted by Crippen LogP contribution is -2.14. The van der Waals surface area contributed by atoms with Crippen molar-refractivity contribution in [2.75, 3.05) is 5.32 Å². The zero-order valence-electron chi connectivity index (χ0n) is 9.38. The van der Waals surface area contributed by atoms with Gasteiger partial charge in [-0.3, -0.25) is 4.79 Å². The second-order valence-electron chi connectivity index (χ2n) is 3.68. The maximum absolute atomic E-state index is 13.6. The smallest absolute Gasteiger partial charge is 0.256 e. The zero-order valence-corrected chi connectivity index (χ0v) is 12.6. The van der Waals surface area contributed by atoms with Crippen molar-refractivity contribution in [1.29, 1.82) is 0 Å². The SMILES string of the molecule is O=C(Nc1c(F)cc(F)cc1Br)c1ccccc1Br. The number of carbonyl (C=O) groups is 1. The predicted molar refractivity (Wildman–Crippen MR) is 76.2 cm³/mol. The van der Waals surface area contributed by atoms with E-state index in [-0.39, 0.29) is 10.2 Å². The molecule has 0 aromatic heterocycles. The molecular formula is C13H7Br2F2NO. The minimum Gasteiger partial charge on any atom is -0.318 e. The van der Waals surface area contributed by atoms with Crippen LogP contribution in [0.25, 0.3) is 0 Å². The third kappa shape index (κ3) is 3.19. The summed E-state index contributed by atoms with van der Waals surface area (Å²) >= 11 is 6.24. The fraction of sp³-hybridized carbons (Fsp3) is 0. The molecule has 0 heterocycles. The Labute approximate surface area is 125 Å². The first-order valence-corrected chi connectivity index (χ1v) is 6.78. The van der Waals surface area contributed by atoms with Crippen molar-refractivity contribution >= 4 is 43.5 Å². The molecular weight excluding hydrogens is 384 g/mol. The van der Waals surface area contributed by atoms with Gasteiger partial charge in [0.1, 0.15) is 5.82 Å². The lowest BCUT2D eigenvalue weighted by atomic mass is 10.2. The lowest BCUT2D eigenvalue weighted by Gasteiger charge is -2.09. The number of rotatable bonds is 2. The van der Waals surface area contributed by atoms with Gasteiger partial charge in [-0.1, -0.05) is 12.1 Å². The third-order valence-electron chi connectivity index (χ3n) is 2.36. The molecule has 2 nitrogen and oxygen atoms in total. The summed E-state index contributed by atoms with van der Waals surface area (Å²) < 4.78 is 27.3. The molecule has 6 heteroatoms. The Morgan fingerprint density at radius 2 is 1.74 bits per heavy atom. The van der Waals surface area contributed by atoms with Gasteiger partial charge in [0.25, 0.3) is 5.91 Å². The van der Waals surface area contributed by atoms with Crippen LogP contribution in [-0.4, -0.2) is 5.91 Å². The molecule has 0 saturated carbocycles. The van der Waals surface area contributed by atoms with Crippen LogP contribution in [-0.2, 0) is 0 Å². The molecule has 0 bridgehead atoms. The van der Waals surface area contributed by atoms with Crippen LogP contribution in [0.3, 0.4) is 0 Å². The van der Waals surface area contributed by atoms with Gasteiger partial charge in [0.05, 0.1) is 11.3 Å². The highest BCUT2D eigenvalue weighted by Crippen LogP contribution is 2.28. The number of amides is 1. The summed E-state index contributed by atoms with van der Waals surface area (Å²) in [6.07, 6.45) is 0. The molecule has 1 amide bonds. The average molecular weight is 391 g/mol. The maximum Gasteiger partial charge on any atom is 0.256 e. The summed E-state index contributed by atoms with van der Waals surface area (Å²) in [6, 6.07) is 8.53. The van der Waals surface area contributed by atoms with Crippen LogP contribution in [0.2, 0.25) is 0 Å². The summed E-state index contributed by atoms with van der Waals surface area (Å²) in [4.78, 5) is 12.0. The quantitative estimate of drug-likeness (QED) is 0.788. The van der Waals surface area contributed by atoms with Gasteiger partial charge in [-0.15, -0.1) is 0 Å². The van der Waals surface area contributed by atoms with Crippen molar-refractivity contribution in [2.45, 2.75) is 0 Å². The fourth-order valence-corrected chi connectivity index (χ4v) is 2.46. The molecule has 0 spiro atoms. The van der Waals surface area contributed by atoms with Gasteiger partial charge in [-0.05, 0) is 50.1 Å². The molecule has 0 fully saturated rings. The fourth-order valence-electron chi connectivity index (χ4n) is 1.49. The first-order valence-electron chi connectivity index (χ1n) is 5.19. The van der Waals surface area contributed by atoms with Gasteiger partial charge in [-0.2, -0.15) is 0 Å². The van der Waals surface area contributed by atoms with E-state index < -0.39 is 17.5 Å². The Balaban J connectivity index is 2.32. The molecule has 2 aromatic carbocycles. The minimum absolute atomic E-state index is 0.0952. The van der Waals surface area contributed by atoms with E-state index in [0.717, 1.165) is 6.07 Å². The molecule has 98 valence electrons. The first kappa shape index (κ1) is 14.1. The van der Waals surface area contributed by atoms with Gasteiger partial charge in [0.15, 0.2) is 5.82 Å². The van der Waals surface area contributed by atoms with E-state index in [1.165, 1.54) is 0 Å². The van der Waals surface area contributed by atoms with E-state index in [2.05, 4.69) is 37.2 Å². The third-order valence-corrected chi connectivity index (χ3v) is 3.68. The van der Waals surface area contributed by atoms with Crippen LogP contribution in [0.5, 0.6) is 0 Å². The zero-order chi connectivity index (χ0) is 14.0. The van der Waals surface area contributed by atoms with Crippen LogP contribution >= 0.6 is 31.9 Å². The molecule has 1 N–H and O–H groups in total. The molecule has 0 aliphatic carbocycles. The highest BCUT2D eigenvalue weighted by atomic mass is 79.9. The monoisotopic (exact) mass is 389 g/mol. The second kappa shape index (κ2) is 5.79. The van der Waals surface area contributed by atoms with Crippen LogP contribution in [0, 0.1) is 11.6 Å². The number of hydrogen-bond donors (Lipinski definition) is 1. The van der Waals surface area contributed by atoms with Crippen molar-refractivity contribution in [2.24, 2.45) is 0 Å². The summed E-state index contributed by atoms with van der Waals surface area (Å²) in [5, 5.41) is 2.41. The Kier molecular flexibility index (Phi) is 4.31. The number of anilines is 1. The van der Waals surface area contributed by atoms with Crippen molar-refractivity contribution in [3.05, 3.63) is 62.5 Å². The van der Waals surface area contributed by atoms with Gasteiger partial charge in [0.2, 0.25) is 0 Å². The van der Waals surface area contributed by atoms with E-state index >= 15 is 0 Å². The molecule has 19 heavy (non-hydrogen) atoms. The van der Waals surface area contributed by atoms with Crippen LogP contribution in [0.4, 0.5) is 14.5 Å². The Hall–Kier alpha value is -1.27.